The number of hydrogen-bond donors (Lipinski definition) is 2. The first-order valence-electron chi connectivity index (χ1n) is 5.85. The van der Waals surface area contributed by atoms with Crippen molar-refractivity contribution in [3.8, 4) is 0 Å². The fraction of sp³-hybridized carbons (Fsp3) is 0.154. The monoisotopic (exact) mass is 272 g/mol. The van der Waals surface area contributed by atoms with Crippen LogP contribution in [-0.4, -0.2) is 19.9 Å². The molecule has 2 heterocycles. The van der Waals surface area contributed by atoms with Gasteiger partial charge in [0.25, 0.3) is 0 Å². The lowest BCUT2D eigenvalue weighted by Crippen LogP contribution is -2.11. The molecular weight excluding hydrogens is 260 g/mol. The normalized spacial score (nSPS) is 11.0. The Kier molecular flexibility index (Phi) is 3.08. The van der Waals surface area contributed by atoms with Crippen molar-refractivity contribution in [2.75, 3.05) is 0 Å². The molecule has 0 spiro atoms. The number of imidazole rings is 1. The maximum absolute atomic E-state index is 11.4. The second kappa shape index (κ2) is 4.89. The molecular formula is C13H12N4OS. The quantitative estimate of drug-likeness (QED) is 0.566. The summed E-state index contributed by atoms with van der Waals surface area (Å²) in [6, 6.07) is 8.19. The number of nitrogens with zero attached hydrogens (tertiary/aromatic N) is 2. The highest BCUT2D eigenvalue weighted by Gasteiger charge is 2.08. The average molecular weight is 272 g/mol. The van der Waals surface area contributed by atoms with Gasteiger partial charge in [-0.15, -0.1) is 0 Å². The lowest BCUT2D eigenvalue weighted by molar-refractivity contribution is 1.01. The smallest absolute Gasteiger partial charge is 0.341 e. The summed E-state index contributed by atoms with van der Waals surface area (Å²) < 4.78 is 0. The number of nitrogens with one attached hydrogen (secondary N) is 2. The first kappa shape index (κ1) is 12.0. The van der Waals surface area contributed by atoms with Gasteiger partial charge in [-0.25, -0.2) is 9.78 Å². The van der Waals surface area contributed by atoms with Crippen LogP contribution >= 0.6 is 11.8 Å². The van der Waals surface area contributed by atoms with E-state index in [2.05, 4.69) is 39.0 Å². The van der Waals surface area contributed by atoms with Gasteiger partial charge in [-0.05, 0) is 18.1 Å². The fourth-order valence-corrected chi connectivity index (χ4v) is 2.92. The number of aryl methyl sites for hydroxylation is 1. The summed E-state index contributed by atoms with van der Waals surface area (Å²) in [5, 5.41) is 0.680. The van der Waals surface area contributed by atoms with Gasteiger partial charge in [-0.2, -0.15) is 4.98 Å². The molecule has 0 atom stereocenters. The zero-order valence-corrected chi connectivity index (χ0v) is 11.1. The third-order valence-corrected chi connectivity index (χ3v) is 3.93. The third kappa shape index (κ3) is 2.39. The molecule has 0 amide bonds. The van der Waals surface area contributed by atoms with Gasteiger partial charge in [-0.3, -0.25) is 4.98 Å². The SMILES string of the molecule is Cc1ccccc1CSc1nc(=O)[nH]c2nc[nH]c12. The van der Waals surface area contributed by atoms with Gasteiger partial charge in [0, 0.05) is 5.75 Å². The molecule has 3 rings (SSSR count). The number of fused-ring (bicyclic) bond motifs is 1. The van der Waals surface area contributed by atoms with Gasteiger partial charge in [0.05, 0.1) is 6.33 Å². The summed E-state index contributed by atoms with van der Waals surface area (Å²) in [7, 11) is 0. The van der Waals surface area contributed by atoms with E-state index in [1.165, 1.54) is 22.9 Å². The van der Waals surface area contributed by atoms with Crippen LogP contribution in [0.15, 0.2) is 40.4 Å². The highest BCUT2D eigenvalue weighted by molar-refractivity contribution is 7.98. The molecule has 0 unspecified atom stereocenters. The number of thioether (sulfide) groups is 1. The van der Waals surface area contributed by atoms with Crippen LogP contribution in [-0.2, 0) is 5.75 Å². The first-order valence-corrected chi connectivity index (χ1v) is 6.83. The minimum absolute atomic E-state index is 0.369. The average Bonchev–Trinajstić information content (AvgIpc) is 2.85. The van der Waals surface area contributed by atoms with Crippen LogP contribution in [0.4, 0.5) is 0 Å². The van der Waals surface area contributed by atoms with Crippen LogP contribution in [0.3, 0.4) is 0 Å². The highest BCUT2D eigenvalue weighted by Crippen LogP contribution is 2.25. The number of benzene rings is 1. The molecule has 6 heteroatoms. The summed E-state index contributed by atoms with van der Waals surface area (Å²) in [5.41, 5.74) is 3.43. The lowest BCUT2D eigenvalue weighted by atomic mass is 10.1. The van der Waals surface area contributed by atoms with E-state index in [1.807, 2.05) is 12.1 Å². The molecule has 0 aliphatic carbocycles. The Morgan fingerprint density at radius 1 is 1.32 bits per heavy atom. The fourth-order valence-electron chi connectivity index (χ4n) is 1.85. The number of hydrogen-bond acceptors (Lipinski definition) is 4. The molecule has 1 aromatic carbocycles. The molecule has 0 bridgehead atoms. The van der Waals surface area contributed by atoms with E-state index in [9.17, 15) is 4.79 Å². The summed E-state index contributed by atoms with van der Waals surface area (Å²) >= 11 is 1.53. The van der Waals surface area contributed by atoms with Crippen LogP contribution in [0.2, 0.25) is 0 Å². The molecule has 0 saturated heterocycles. The minimum atomic E-state index is -0.369. The van der Waals surface area contributed by atoms with E-state index < -0.39 is 0 Å². The number of aromatic amines is 2. The highest BCUT2D eigenvalue weighted by atomic mass is 32.2. The molecule has 0 aliphatic heterocycles. The van der Waals surface area contributed by atoms with Gasteiger partial charge < -0.3 is 4.98 Å². The molecule has 0 saturated carbocycles. The van der Waals surface area contributed by atoms with Gasteiger partial charge >= 0.3 is 5.69 Å². The number of H-pyrrole nitrogens is 2. The molecule has 2 aromatic heterocycles. The van der Waals surface area contributed by atoms with Gasteiger partial charge in [0.1, 0.15) is 10.5 Å². The van der Waals surface area contributed by atoms with Crippen molar-refractivity contribution in [3.05, 3.63) is 52.2 Å². The zero-order chi connectivity index (χ0) is 13.2. The molecule has 2 N–H and O–H groups in total. The summed E-state index contributed by atoms with van der Waals surface area (Å²) in [6.07, 6.45) is 1.56. The van der Waals surface area contributed by atoms with Crippen molar-refractivity contribution in [2.45, 2.75) is 17.7 Å². The van der Waals surface area contributed by atoms with Crippen LogP contribution in [0.5, 0.6) is 0 Å². The Bertz CT molecular complexity index is 777. The number of aromatic nitrogens is 4. The third-order valence-electron chi connectivity index (χ3n) is 2.91. The van der Waals surface area contributed by atoms with Crippen molar-refractivity contribution in [2.24, 2.45) is 0 Å². The predicted molar refractivity (Wildman–Crippen MR) is 75.2 cm³/mol. The van der Waals surface area contributed by atoms with Gasteiger partial charge in [0.15, 0.2) is 5.65 Å². The minimum Gasteiger partial charge on any atom is -0.341 e. The van der Waals surface area contributed by atoms with E-state index in [-0.39, 0.29) is 5.69 Å². The molecule has 19 heavy (non-hydrogen) atoms. The van der Waals surface area contributed by atoms with Crippen molar-refractivity contribution >= 4 is 22.9 Å². The maximum atomic E-state index is 11.4. The van der Waals surface area contributed by atoms with Crippen LogP contribution in [0.1, 0.15) is 11.1 Å². The molecule has 0 radical (unpaired) electrons. The summed E-state index contributed by atoms with van der Waals surface area (Å²) in [4.78, 5) is 25.1. The van der Waals surface area contributed by atoms with E-state index >= 15 is 0 Å². The maximum Gasteiger partial charge on any atom is 0.347 e. The Labute approximate surface area is 113 Å². The summed E-state index contributed by atoms with van der Waals surface area (Å²) in [6.45, 7) is 2.08. The van der Waals surface area contributed by atoms with Crippen molar-refractivity contribution < 1.29 is 0 Å². The second-order valence-electron chi connectivity index (χ2n) is 4.19. The molecule has 5 nitrogen and oxygen atoms in total. The van der Waals surface area contributed by atoms with Crippen molar-refractivity contribution in [1.29, 1.82) is 0 Å². The Hall–Kier alpha value is -2.08. The summed E-state index contributed by atoms with van der Waals surface area (Å²) in [5.74, 6) is 0.775. The molecule has 0 aliphatic rings. The Balaban J connectivity index is 1.92. The van der Waals surface area contributed by atoms with Crippen LogP contribution in [0.25, 0.3) is 11.2 Å². The standard InChI is InChI=1S/C13H12N4OS/c1-8-4-2-3-5-9(8)6-19-12-10-11(15-7-14-10)16-13(18)17-12/h2-5,7H,6H2,1H3,(H2,14,15,16,17,18). The van der Waals surface area contributed by atoms with E-state index in [4.69, 9.17) is 0 Å². The lowest BCUT2D eigenvalue weighted by Gasteiger charge is -2.04. The first-order chi connectivity index (χ1) is 9.24. The Morgan fingerprint density at radius 3 is 3.00 bits per heavy atom. The topological polar surface area (TPSA) is 74.4 Å². The predicted octanol–water partition coefficient (Wildman–Crippen LogP) is 2.25. The van der Waals surface area contributed by atoms with E-state index in [0.29, 0.717) is 10.7 Å². The van der Waals surface area contributed by atoms with Crippen molar-refractivity contribution in [1.82, 2.24) is 19.9 Å². The van der Waals surface area contributed by atoms with Gasteiger partial charge in [0.2, 0.25) is 0 Å². The Morgan fingerprint density at radius 2 is 2.16 bits per heavy atom. The van der Waals surface area contributed by atoms with Gasteiger partial charge in [-0.1, -0.05) is 36.0 Å². The van der Waals surface area contributed by atoms with E-state index in [0.717, 1.165) is 11.3 Å². The molecule has 3 aromatic rings. The second-order valence-corrected chi connectivity index (χ2v) is 5.15. The van der Waals surface area contributed by atoms with Crippen LogP contribution in [0, 0.1) is 6.92 Å². The van der Waals surface area contributed by atoms with Crippen LogP contribution < -0.4 is 5.69 Å². The molecule has 96 valence electrons. The zero-order valence-electron chi connectivity index (χ0n) is 10.3. The largest absolute Gasteiger partial charge is 0.347 e. The van der Waals surface area contributed by atoms with E-state index in [1.54, 1.807) is 6.33 Å². The number of rotatable bonds is 3. The molecule has 0 fully saturated rings. The van der Waals surface area contributed by atoms with Crippen molar-refractivity contribution in [3.63, 3.8) is 0 Å².